The lowest BCUT2D eigenvalue weighted by atomic mass is 9.89. The molecule has 250 valence electrons. The van der Waals surface area contributed by atoms with E-state index in [1.165, 1.54) is 6.92 Å². The van der Waals surface area contributed by atoms with Gasteiger partial charge in [-0.05, 0) is 46.0 Å². The van der Waals surface area contributed by atoms with Gasteiger partial charge in [-0.3, -0.25) is 19.8 Å². The molecule has 4 aromatic rings. The second-order valence-electron chi connectivity index (χ2n) is 12.6. The third kappa shape index (κ3) is 7.91. The van der Waals surface area contributed by atoms with Crippen LogP contribution in [0.15, 0.2) is 97.1 Å². The number of carbonyl (C=O) groups is 1. The predicted molar refractivity (Wildman–Crippen MR) is 184 cm³/mol. The number of hydrogen-bond donors (Lipinski definition) is 2. The Hall–Kier alpha value is -4.61. The Kier molecular flexibility index (Phi) is 10.5. The molecular weight excluding hydrogens is 608 g/mol. The van der Waals surface area contributed by atoms with Gasteiger partial charge in [0.15, 0.2) is 6.29 Å². The predicted octanol–water partition coefficient (Wildman–Crippen LogP) is 6.00. The zero-order valence-corrected chi connectivity index (χ0v) is 27.3. The Balaban J connectivity index is 1.17. The maximum atomic E-state index is 11.4. The van der Waals surface area contributed by atoms with Gasteiger partial charge in [-0.15, -0.1) is 0 Å². The molecule has 0 saturated carbocycles. The molecule has 0 radical (unpaired) electrons. The van der Waals surface area contributed by atoms with E-state index in [0.29, 0.717) is 6.54 Å². The van der Waals surface area contributed by atoms with E-state index < -0.39 is 6.29 Å². The molecule has 10 heteroatoms. The molecule has 2 heterocycles. The molecule has 4 unspecified atom stereocenters. The van der Waals surface area contributed by atoms with Gasteiger partial charge in [0.25, 0.3) is 5.69 Å². The minimum Gasteiger partial charge on any atom is -0.392 e. The van der Waals surface area contributed by atoms with Crippen LogP contribution in [0, 0.1) is 16.0 Å². The van der Waals surface area contributed by atoms with Gasteiger partial charge in [-0.1, -0.05) is 73.7 Å². The molecule has 2 saturated heterocycles. The van der Waals surface area contributed by atoms with Crippen molar-refractivity contribution in [2.45, 2.75) is 45.5 Å². The number of carbonyl (C=O) groups excluding carboxylic acids is 1. The van der Waals surface area contributed by atoms with Crippen LogP contribution in [0.3, 0.4) is 0 Å². The van der Waals surface area contributed by atoms with Crippen LogP contribution in [-0.4, -0.2) is 59.7 Å². The van der Waals surface area contributed by atoms with Gasteiger partial charge in [0, 0.05) is 75.5 Å². The molecule has 0 aromatic heterocycles. The van der Waals surface area contributed by atoms with E-state index in [0.717, 1.165) is 71.8 Å². The second-order valence-corrected chi connectivity index (χ2v) is 12.6. The van der Waals surface area contributed by atoms with Crippen molar-refractivity contribution in [1.82, 2.24) is 10.2 Å². The first kappa shape index (κ1) is 33.3. The molecule has 4 aromatic carbocycles. The van der Waals surface area contributed by atoms with Crippen LogP contribution >= 0.6 is 0 Å². The number of nitrogens with zero attached hydrogens (tertiary/aromatic N) is 3. The van der Waals surface area contributed by atoms with Crippen LogP contribution in [0.5, 0.6) is 0 Å². The summed E-state index contributed by atoms with van der Waals surface area (Å²) < 4.78 is 13.4. The maximum Gasteiger partial charge on any atom is 0.269 e. The average molecular weight is 651 g/mol. The molecule has 2 aliphatic heterocycles. The Morgan fingerprint density at radius 1 is 0.875 bits per heavy atom. The Morgan fingerprint density at radius 3 is 2.21 bits per heavy atom. The summed E-state index contributed by atoms with van der Waals surface area (Å²) in [7, 11) is 0. The van der Waals surface area contributed by atoms with Crippen molar-refractivity contribution in [2.75, 3.05) is 37.6 Å². The minimum atomic E-state index is -0.560. The van der Waals surface area contributed by atoms with E-state index in [-0.39, 0.29) is 41.3 Å². The highest BCUT2D eigenvalue weighted by atomic mass is 16.7. The maximum absolute atomic E-state index is 11.4. The summed E-state index contributed by atoms with van der Waals surface area (Å²) in [5, 5.41) is 23.5. The number of hydrogen-bond acceptors (Lipinski definition) is 8. The fourth-order valence-corrected chi connectivity index (χ4v) is 6.48. The summed E-state index contributed by atoms with van der Waals surface area (Å²) in [4.78, 5) is 26.8. The monoisotopic (exact) mass is 650 g/mol. The molecule has 2 N–H and O–H groups in total. The summed E-state index contributed by atoms with van der Waals surface area (Å²) in [5.74, 6) is 0.0107. The van der Waals surface area contributed by atoms with Crippen molar-refractivity contribution in [3.8, 4) is 11.1 Å². The number of ether oxygens (including phenoxy) is 2. The van der Waals surface area contributed by atoms with E-state index in [9.17, 15) is 20.0 Å². The van der Waals surface area contributed by atoms with Gasteiger partial charge in [-0.2, -0.15) is 0 Å². The number of nitrogens with one attached hydrogen (secondary N) is 1. The fraction of sp³-hybridized carbons (Fsp3) is 0.342. The average Bonchev–Trinajstić information content (AvgIpc) is 3.12. The number of amides is 1. The molecule has 2 aliphatic rings. The van der Waals surface area contributed by atoms with Crippen LogP contribution < -0.4 is 10.2 Å². The van der Waals surface area contributed by atoms with E-state index in [1.807, 2.05) is 48.5 Å². The number of nitro benzene ring substituents is 1. The number of non-ortho nitro benzene ring substituents is 1. The Bertz CT molecular complexity index is 1690. The fourth-order valence-electron chi connectivity index (χ4n) is 6.48. The van der Waals surface area contributed by atoms with Gasteiger partial charge >= 0.3 is 0 Å². The molecule has 10 nitrogen and oxygen atoms in total. The number of aliphatic hydroxyl groups excluding tert-OH is 1. The molecule has 0 aliphatic carbocycles. The van der Waals surface area contributed by atoms with Crippen LogP contribution in [0.2, 0.25) is 0 Å². The third-order valence-corrected chi connectivity index (χ3v) is 9.34. The second kappa shape index (κ2) is 15.1. The van der Waals surface area contributed by atoms with E-state index >= 15 is 0 Å². The molecule has 2 fully saturated rings. The molecular formula is C38H42N4O6. The highest BCUT2D eigenvalue weighted by Gasteiger charge is 2.39. The number of aliphatic hydroxyl groups is 1. The highest BCUT2D eigenvalue weighted by Crippen LogP contribution is 2.42. The normalized spacial score (nSPS) is 21.5. The number of rotatable bonds is 10. The molecule has 1 amide bonds. The molecule has 48 heavy (non-hydrogen) atoms. The van der Waals surface area contributed by atoms with Crippen LogP contribution in [0.25, 0.3) is 11.1 Å². The summed E-state index contributed by atoms with van der Waals surface area (Å²) >= 11 is 0. The molecule has 0 bridgehead atoms. The zero-order valence-electron chi connectivity index (χ0n) is 27.3. The number of anilines is 1. The van der Waals surface area contributed by atoms with Crippen LogP contribution in [0.1, 0.15) is 48.5 Å². The van der Waals surface area contributed by atoms with Crippen molar-refractivity contribution in [3.63, 3.8) is 0 Å². The minimum absolute atomic E-state index is 0.00985. The van der Waals surface area contributed by atoms with Gasteiger partial charge < -0.3 is 24.8 Å². The van der Waals surface area contributed by atoms with Gasteiger partial charge in [-0.25, -0.2) is 0 Å². The van der Waals surface area contributed by atoms with E-state index in [2.05, 4.69) is 58.4 Å². The van der Waals surface area contributed by atoms with Crippen molar-refractivity contribution in [1.29, 1.82) is 0 Å². The summed E-state index contributed by atoms with van der Waals surface area (Å²) in [6.45, 7) is 8.25. The van der Waals surface area contributed by atoms with Gasteiger partial charge in [0.2, 0.25) is 5.91 Å². The molecule has 0 spiro atoms. The SMILES string of the molecule is CC(=O)NCc1cccc(-c2ccc(C3OC(CN4CCN(c5ccc([N+](=O)[O-])cc5)CC4)C(C)C(c4ccc(CO)cc4)O3)cc2)c1. The van der Waals surface area contributed by atoms with Crippen LogP contribution in [0.4, 0.5) is 11.4 Å². The number of piperazine rings is 1. The standard InChI is InChI=1S/C38H42N4O6/c1-26-36(24-40-18-20-41(21-19-40)34-14-16-35(17-15-34)42(45)46)47-38(48-37(26)31-8-6-28(25-43)7-9-31)32-12-10-30(11-13-32)33-5-3-4-29(22-33)23-39-27(2)44/h3-17,22,26,36-38,43H,18-21,23-25H2,1-2H3,(H,39,44). The van der Waals surface area contributed by atoms with Crippen molar-refractivity contribution < 1.29 is 24.3 Å². The zero-order chi connectivity index (χ0) is 33.6. The lowest BCUT2D eigenvalue weighted by molar-refractivity contribution is -0.384. The lowest BCUT2D eigenvalue weighted by Crippen LogP contribution is -2.51. The van der Waals surface area contributed by atoms with Crippen LogP contribution in [-0.2, 0) is 27.4 Å². The van der Waals surface area contributed by atoms with Crippen molar-refractivity contribution in [3.05, 3.63) is 129 Å². The van der Waals surface area contributed by atoms with Crippen molar-refractivity contribution in [2.24, 2.45) is 5.92 Å². The van der Waals surface area contributed by atoms with E-state index in [1.54, 1.807) is 12.1 Å². The first-order chi connectivity index (χ1) is 23.3. The topological polar surface area (TPSA) is 117 Å². The number of nitro groups is 1. The summed E-state index contributed by atoms with van der Waals surface area (Å²) in [5.41, 5.74) is 7.09. The summed E-state index contributed by atoms with van der Waals surface area (Å²) in [6, 6.07) is 31.1. The Labute approximate surface area is 281 Å². The van der Waals surface area contributed by atoms with Crippen molar-refractivity contribution >= 4 is 17.3 Å². The third-order valence-electron chi connectivity index (χ3n) is 9.34. The number of benzene rings is 4. The largest absolute Gasteiger partial charge is 0.392 e. The highest BCUT2D eigenvalue weighted by molar-refractivity contribution is 5.73. The summed E-state index contributed by atoms with van der Waals surface area (Å²) in [6.07, 6.45) is -0.856. The lowest BCUT2D eigenvalue weighted by Gasteiger charge is -2.44. The Morgan fingerprint density at radius 2 is 1.56 bits per heavy atom. The quantitative estimate of drug-likeness (QED) is 0.159. The van der Waals surface area contributed by atoms with Gasteiger partial charge in [0.1, 0.15) is 0 Å². The molecule has 6 rings (SSSR count). The first-order valence-corrected chi connectivity index (χ1v) is 16.4. The smallest absolute Gasteiger partial charge is 0.269 e. The first-order valence-electron chi connectivity index (χ1n) is 16.4. The van der Waals surface area contributed by atoms with Gasteiger partial charge in [0.05, 0.1) is 23.7 Å². The molecule has 4 atom stereocenters. The van der Waals surface area contributed by atoms with E-state index in [4.69, 9.17) is 9.47 Å².